The third-order valence-corrected chi connectivity index (χ3v) is 10.4. The minimum Gasteiger partial charge on any atom is -0.487 e. The molecule has 176 valence electrons. The average molecular weight is 455 g/mol. The Bertz CT molecular complexity index is 1190. The summed E-state index contributed by atoms with van der Waals surface area (Å²) in [6.45, 7) is 3.66. The second kappa shape index (κ2) is 7.37. The number of nitrogen functional groups attached to an aromatic ring is 1. The minimum atomic E-state index is -0.0147. The van der Waals surface area contributed by atoms with Crippen LogP contribution in [0.15, 0.2) is 59.7 Å². The van der Waals surface area contributed by atoms with Gasteiger partial charge in [-0.05, 0) is 91.4 Å². The van der Waals surface area contributed by atoms with Gasteiger partial charge < -0.3 is 15.8 Å². The lowest BCUT2D eigenvalue weighted by Gasteiger charge is -2.74. The maximum Gasteiger partial charge on any atom is 0.251 e. The van der Waals surface area contributed by atoms with Crippen molar-refractivity contribution in [1.82, 2.24) is 5.32 Å². The van der Waals surface area contributed by atoms with Crippen LogP contribution in [0, 0.1) is 40.9 Å². The van der Waals surface area contributed by atoms with Crippen molar-refractivity contribution in [2.24, 2.45) is 40.9 Å². The molecule has 7 rings (SSSR count). The predicted octanol–water partition coefficient (Wildman–Crippen LogP) is 5.60. The number of hydrogen-bond acceptors (Lipinski definition) is 3. The number of amides is 1. The van der Waals surface area contributed by atoms with Crippen molar-refractivity contribution in [3.63, 3.8) is 0 Å². The molecular formula is C30H34N2O2. The first-order valence-electron chi connectivity index (χ1n) is 13.2. The number of carbonyl (C=O) groups excluding carboxylic acids is 1. The smallest absolute Gasteiger partial charge is 0.251 e. The van der Waals surface area contributed by atoms with E-state index in [9.17, 15) is 4.79 Å². The van der Waals surface area contributed by atoms with Crippen LogP contribution in [-0.2, 0) is 6.61 Å². The molecule has 3 fully saturated rings. The summed E-state index contributed by atoms with van der Waals surface area (Å²) in [4.78, 5) is 13.3. The molecule has 7 atom stereocenters. The molecule has 1 amide bonds. The van der Waals surface area contributed by atoms with Gasteiger partial charge in [-0.25, -0.2) is 0 Å². The van der Waals surface area contributed by atoms with Crippen molar-refractivity contribution in [3.05, 3.63) is 70.8 Å². The summed E-state index contributed by atoms with van der Waals surface area (Å²) in [6.07, 6.45) is 6.96. The Morgan fingerprint density at radius 2 is 1.91 bits per heavy atom. The van der Waals surface area contributed by atoms with Crippen molar-refractivity contribution >= 4 is 11.6 Å². The van der Waals surface area contributed by atoms with Gasteiger partial charge in [0.1, 0.15) is 12.4 Å². The van der Waals surface area contributed by atoms with Gasteiger partial charge in [-0.15, -0.1) is 0 Å². The largest absolute Gasteiger partial charge is 0.487 e. The third kappa shape index (κ3) is 2.68. The molecule has 2 aromatic carbocycles. The molecule has 4 nitrogen and oxygen atoms in total. The van der Waals surface area contributed by atoms with Gasteiger partial charge in [-0.3, -0.25) is 4.79 Å². The summed E-state index contributed by atoms with van der Waals surface area (Å²) >= 11 is 0. The van der Waals surface area contributed by atoms with Crippen LogP contribution < -0.4 is 15.8 Å². The van der Waals surface area contributed by atoms with Gasteiger partial charge in [0.25, 0.3) is 5.91 Å². The molecule has 5 aliphatic carbocycles. The second-order valence-electron chi connectivity index (χ2n) is 11.5. The lowest BCUT2D eigenvalue weighted by Crippen LogP contribution is -2.69. The van der Waals surface area contributed by atoms with E-state index in [0.717, 1.165) is 41.7 Å². The lowest BCUT2D eigenvalue weighted by atomic mass is 9.30. The molecule has 5 aliphatic rings. The van der Waals surface area contributed by atoms with Gasteiger partial charge in [0.05, 0.1) is 5.69 Å². The Hall–Kier alpha value is -2.75. The van der Waals surface area contributed by atoms with E-state index in [1.54, 1.807) is 23.3 Å². The fraction of sp³-hybridized carbons (Fsp3) is 0.500. The van der Waals surface area contributed by atoms with Crippen LogP contribution in [0.3, 0.4) is 0 Å². The Morgan fingerprint density at radius 1 is 1.09 bits per heavy atom. The summed E-state index contributed by atoms with van der Waals surface area (Å²) in [6, 6.07) is 15.4. The maximum absolute atomic E-state index is 13.3. The zero-order valence-electron chi connectivity index (χ0n) is 19.9. The Labute approximate surface area is 202 Å². The van der Waals surface area contributed by atoms with E-state index in [4.69, 9.17) is 10.5 Å². The molecular weight excluding hydrogens is 420 g/mol. The van der Waals surface area contributed by atoms with Crippen LogP contribution in [-0.4, -0.2) is 12.5 Å². The number of fused-ring (bicyclic) bond motifs is 4. The van der Waals surface area contributed by atoms with E-state index in [1.165, 1.54) is 32.1 Å². The zero-order valence-corrected chi connectivity index (χ0v) is 19.9. The highest BCUT2D eigenvalue weighted by Crippen LogP contribution is 2.78. The first kappa shape index (κ1) is 20.6. The summed E-state index contributed by atoms with van der Waals surface area (Å²) in [5.74, 6) is 5.55. The molecule has 4 heteroatoms. The molecule has 0 heterocycles. The van der Waals surface area contributed by atoms with E-state index in [0.29, 0.717) is 29.5 Å². The van der Waals surface area contributed by atoms with Crippen LogP contribution in [0.5, 0.6) is 5.75 Å². The summed E-state index contributed by atoms with van der Waals surface area (Å²) in [5.41, 5.74) is 12.2. The fourth-order valence-electron chi connectivity index (χ4n) is 8.22. The summed E-state index contributed by atoms with van der Waals surface area (Å²) < 4.78 is 5.97. The van der Waals surface area contributed by atoms with Gasteiger partial charge >= 0.3 is 0 Å². The van der Waals surface area contributed by atoms with Crippen molar-refractivity contribution in [1.29, 1.82) is 0 Å². The number of anilines is 1. The first-order valence-corrected chi connectivity index (χ1v) is 13.2. The maximum atomic E-state index is 13.3. The standard InChI is InChI=1S/C30H34N2O2/c1-17-27-22-10-11-23(22)28(27)30(17,24-13-19-7-9-21(19)24)16-32-29(33)20-8-12-25(31)26(14-20)34-15-18-5-3-2-4-6-18/h2-6,8,12,14,17,19,21-24H,7,9-11,13,15-16,31H2,1H3,(H,32,33). The van der Waals surface area contributed by atoms with E-state index >= 15 is 0 Å². The van der Waals surface area contributed by atoms with E-state index < -0.39 is 0 Å². The number of carbonyl (C=O) groups is 1. The number of nitrogens with two attached hydrogens (primary N) is 1. The van der Waals surface area contributed by atoms with Gasteiger partial charge in [0.15, 0.2) is 0 Å². The van der Waals surface area contributed by atoms with Gasteiger partial charge in [0.2, 0.25) is 0 Å². The van der Waals surface area contributed by atoms with Crippen LogP contribution in [0.4, 0.5) is 5.69 Å². The number of nitrogens with one attached hydrogen (secondary N) is 1. The van der Waals surface area contributed by atoms with Gasteiger partial charge in [0, 0.05) is 17.5 Å². The number of benzene rings is 2. The highest BCUT2D eigenvalue weighted by Gasteiger charge is 2.71. The van der Waals surface area contributed by atoms with Crippen LogP contribution >= 0.6 is 0 Å². The number of rotatable bonds is 7. The predicted molar refractivity (Wildman–Crippen MR) is 133 cm³/mol. The molecule has 34 heavy (non-hydrogen) atoms. The Balaban J connectivity index is 1.08. The molecule has 3 N–H and O–H groups in total. The van der Waals surface area contributed by atoms with Crippen LogP contribution in [0.25, 0.3) is 0 Å². The molecule has 0 aromatic heterocycles. The molecule has 0 aliphatic heterocycles. The van der Waals surface area contributed by atoms with Crippen molar-refractivity contribution in [2.45, 2.75) is 45.6 Å². The summed E-state index contributed by atoms with van der Waals surface area (Å²) in [7, 11) is 0. The zero-order chi connectivity index (χ0) is 23.0. The highest BCUT2D eigenvalue weighted by atomic mass is 16.5. The second-order valence-corrected chi connectivity index (χ2v) is 11.5. The van der Waals surface area contributed by atoms with Crippen LogP contribution in [0.2, 0.25) is 0 Å². The molecule has 0 bridgehead atoms. The lowest BCUT2D eigenvalue weighted by molar-refractivity contribution is -0.137. The van der Waals surface area contributed by atoms with E-state index in [-0.39, 0.29) is 11.3 Å². The Kier molecular flexibility index (Phi) is 4.47. The molecule has 0 spiro atoms. The Morgan fingerprint density at radius 3 is 2.59 bits per heavy atom. The highest BCUT2D eigenvalue weighted by molar-refractivity contribution is 5.95. The SMILES string of the molecule is CC1C2=C(C3CCC23)C1(CNC(=O)c1ccc(N)c(OCc2ccccc2)c1)C1CC2CCC21. The molecule has 0 radical (unpaired) electrons. The van der Waals surface area contributed by atoms with Gasteiger partial charge in [-0.2, -0.15) is 0 Å². The minimum absolute atomic E-state index is 0.0147. The summed E-state index contributed by atoms with van der Waals surface area (Å²) in [5, 5.41) is 3.38. The van der Waals surface area contributed by atoms with Crippen LogP contribution in [0.1, 0.15) is 54.9 Å². The van der Waals surface area contributed by atoms with Crippen molar-refractivity contribution in [2.75, 3.05) is 12.3 Å². The monoisotopic (exact) mass is 454 g/mol. The fourth-order valence-corrected chi connectivity index (χ4v) is 8.22. The topological polar surface area (TPSA) is 64.4 Å². The van der Waals surface area contributed by atoms with E-state index in [1.807, 2.05) is 36.4 Å². The molecule has 7 unspecified atom stereocenters. The normalized spacial score (nSPS) is 36.3. The number of hydrogen-bond donors (Lipinski definition) is 2. The third-order valence-electron chi connectivity index (χ3n) is 10.4. The van der Waals surface area contributed by atoms with Crippen molar-refractivity contribution < 1.29 is 9.53 Å². The number of ether oxygens (including phenoxy) is 1. The molecule has 3 saturated carbocycles. The van der Waals surface area contributed by atoms with Gasteiger partial charge in [-0.1, -0.05) is 48.4 Å². The molecule has 0 saturated heterocycles. The first-order chi connectivity index (χ1) is 16.6. The van der Waals surface area contributed by atoms with E-state index in [2.05, 4.69) is 12.2 Å². The quantitative estimate of drug-likeness (QED) is 0.423. The van der Waals surface area contributed by atoms with Crippen molar-refractivity contribution in [3.8, 4) is 5.75 Å². The number of allylic oxidation sites excluding steroid dienone is 1. The molecule has 2 aromatic rings. The average Bonchev–Trinajstić information content (AvgIpc) is 2.83.